The normalized spacial score (nSPS) is 16.0. The number of ether oxygens (including phenoxy) is 2. The molecular weight excluding hydrogens is 346 g/mol. The number of benzene rings is 2. The van der Waals surface area contributed by atoms with Gasteiger partial charge in [-0.05, 0) is 43.8 Å². The Labute approximate surface area is 156 Å². The van der Waals surface area contributed by atoms with Crippen molar-refractivity contribution in [2.75, 3.05) is 20.2 Å². The highest BCUT2D eigenvalue weighted by molar-refractivity contribution is 5.84. The second-order valence-corrected chi connectivity index (χ2v) is 6.87. The number of hydrogen-bond acceptors (Lipinski definition) is 6. The smallest absolute Gasteiger partial charge is 0.336 e. The molecule has 0 unspecified atom stereocenters. The van der Waals surface area contributed by atoms with E-state index in [4.69, 9.17) is 13.9 Å². The highest BCUT2D eigenvalue weighted by Crippen LogP contribution is 2.31. The molecule has 0 saturated carbocycles. The molecule has 6 heteroatoms. The van der Waals surface area contributed by atoms with Gasteiger partial charge in [0.15, 0.2) is 11.5 Å². The lowest BCUT2D eigenvalue weighted by Crippen LogP contribution is -2.39. The predicted octanol–water partition coefficient (Wildman–Crippen LogP) is 3.08. The number of phenolic OH excluding ortho intramolecular Hbond substituents is 1. The van der Waals surface area contributed by atoms with Crippen LogP contribution in [-0.4, -0.2) is 36.3 Å². The molecule has 1 N–H and O–H groups in total. The first-order valence-corrected chi connectivity index (χ1v) is 8.83. The van der Waals surface area contributed by atoms with E-state index < -0.39 is 5.63 Å². The monoisotopic (exact) mass is 367 g/mol. The Kier molecular flexibility index (Phi) is 4.49. The van der Waals surface area contributed by atoms with Crippen LogP contribution in [0.4, 0.5) is 0 Å². The van der Waals surface area contributed by atoms with Gasteiger partial charge in [0.2, 0.25) is 0 Å². The van der Waals surface area contributed by atoms with E-state index in [2.05, 4.69) is 4.90 Å². The number of nitrogens with zero attached hydrogens (tertiary/aromatic N) is 1. The zero-order valence-corrected chi connectivity index (χ0v) is 15.3. The summed E-state index contributed by atoms with van der Waals surface area (Å²) in [5, 5.41) is 10.7. The fourth-order valence-electron chi connectivity index (χ4n) is 3.40. The molecule has 27 heavy (non-hydrogen) atoms. The van der Waals surface area contributed by atoms with Gasteiger partial charge in [0.25, 0.3) is 0 Å². The maximum atomic E-state index is 12.0. The van der Waals surface area contributed by atoms with Gasteiger partial charge in [-0.2, -0.15) is 0 Å². The molecule has 0 spiro atoms. The Balaban J connectivity index is 1.53. The van der Waals surface area contributed by atoms with Crippen LogP contribution in [-0.2, 0) is 6.54 Å². The topological polar surface area (TPSA) is 72.1 Å². The quantitative estimate of drug-likeness (QED) is 0.715. The zero-order valence-electron chi connectivity index (χ0n) is 15.3. The molecule has 2 aromatic carbocycles. The lowest BCUT2D eigenvalue weighted by molar-refractivity contribution is 0.0639. The SMILES string of the molecule is Cc1c(O)ccc2c(CN(C)C[C@H]3COc4ccccc4O3)cc(=O)oc12. The number of para-hydroxylation sites is 2. The van der Waals surface area contributed by atoms with Crippen molar-refractivity contribution in [3.8, 4) is 17.2 Å². The van der Waals surface area contributed by atoms with E-state index in [0.717, 1.165) is 22.4 Å². The molecule has 140 valence electrons. The maximum absolute atomic E-state index is 12.0. The molecule has 1 aliphatic heterocycles. The first-order valence-electron chi connectivity index (χ1n) is 8.83. The number of fused-ring (bicyclic) bond motifs is 2. The van der Waals surface area contributed by atoms with Gasteiger partial charge >= 0.3 is 5.63 Å². The average Bonchev–Trinajstić information content (AvgIpc) is 2.65. The van der Waals surface area contributed by atoms with Crippen molar-refractivity contribution in [1.82, 2.24) is 4.90 Å². The molecule has 0 amide bonds. The van der Waals surface area contributed by atoms with Crippen LogP contribution in [0.3, 0.4) is 0 Å². The van der Waals surface area contributed by atoms with Gasteiger partial charge < -0.3 is 19.0 Å². The first kappa shape index (κ1) is 17.4. The number of aromatic hydroxyl groups is 1. The van der Waals surface area contributed by atoms with Crippen LogP contribution in [0, 0.1) is 6.92 Å². The average molecular weight is 367 g/mol. The number of aryl methyl sites for hydroxylation is 1. The summed E-state index contributed by atoms with van der Waals surface area (Å²) in [6.45, 7) is 3.41. The standard InChI is InChI=1S/C21H21NO5/c1-13-17(23)8-7-16-14(9-20(24)27-21(13)16)10-22(2)11-15-12-25-18-5-3-4-6-19(18)26-15/h3-9,15,23H,10-12H2,1-2H3/t15-/m0/s1. The molecule has 0 radical (unpaired) electrons. The Hall–Kier alpha value is -2.99. The van der Waals surface area contributed by atoms with Crippen molar-refractivity contribution in [1.29, 1.82) is 0 Å². The molecule has 0 bridgehead atoms. The van der Waals surface area contributed by atoms with Crippen molar-refractivity contribution in [3.63, 3.8) is 0 Å². The van der Waals surface area contributed by atoms with Crippen LogP contribution in [0.25, 0.3) is 11.0 Å². The lowest BCUT2D eigenvalue weighted by Gasteiger charge is -2.29. The highest BCUT2D eigenvalue weighted by Gasteiger charge is 2.22. The number of likely N-dealkylation sites (N-methyl/N-ethyl adjacent to an activating group) is 1. The van der Waals surface area contributed by atoms with E-state index in [9.17, 15) is 9.90 Å². The van der Waals surface area contributed by atoms with Crippen molar-refractivity contribution in [2.45, 2.75) is 19.6 Å². The Morgan fingerprint density at radius 2 is 1.96 bits per heavy atom. The molecule has 4 rings (SSSR count). The van der Waals surface area contributed by atoms with E-state index in [1.54, 1.807) is 19.1 Å². The van der Waals surface area contributed by atoms with Crippen molar-refractivity contribution >= 4 is 11.0 Å². The number of rotatable bonds is 4. The van der Waals surface area contributed by atoms with E-state index in [1.165, 1.54) is 6.07 Å². The largest absolute Gasteiger partial charge is 0.508 e. The summed E-state index contributed by atoms with van der Waals surface area (Å²) in [4.78, 5) is 14.0. The molecule has 0 fully saturated rings. The van der Waals surface area contributed by atoms with Gasteiger partial charge in [-0.3, -0.25) is 4.90 Å². The fourth-order valence-corrected chi connectivity index (χ4v) is 3.40. The summed E-state index contributed by atoms with van der Waals surface area (Å²) in [6, 6.07) is 12.5. The third kappa shape index (κ3) is 3.48. The predicted molar refractivity (Wildman–Crippen MR) is 102 cm³/mol. The van der Waals surface area contributed by atoms with Crippen molar-refractivity contribution < 1.29 is 19.0 Å². The van der Waals surface area contributed by atoms with Crippen molar-refractivity contribution in [3.05, 3.63) is 64.0 Å². The van der Waals surface area contributed by atoms with Crippen LogP contribution in [0.15, 0.2) is 51.7 Å². The minimum Gasteiger partial charge on any atom is -0.508 e. The first-order chi connectivity index (χ1) is 13.0. The van der Waals surface area contributed by atoms with Crippen LogP contribution in [0.5, 0.6) is 17.2 Å². The molecule has 2 heterocycles. The zero-order chi connectivity index (χ0) is 19.0. The summed E-state index contributed by atoms with van der Waals surface area (Å²) in [5.74, 6) is 1.62. The third-order valence-electron chi connectivity index (χ3n) is 4.74. The van der Waals surface area contributed by atoms with E-state index in [-0.39, 0.29) is 11.9 Å². The van der Waals surface area contributed by atoms with E-state index in [1.807, 2.05) is 31.3 Å². The van der Waals surface area contributed by atoms with Gasteiger partial charge in [-0.25, -0.2) is 4.79 Å². The van der Waals surface area contributed by atoms with Gasteiger partial charge in [0.05, 0.1) is 0 Å². The van der Waals surface area contributed by atoms with Gasteiger partial charge in [-0.15, -0.1) is 0 Å². The Morgan fingerprint density at radius 3 is 2.78 bits per heavy atom. The van der Waals surface area contributed by atoms with Gasteiger partial charge in [0.1, 0.15) is 24.0 Å². The van der Waals surface area contributed by atoms with E-state index >= 15 is 0 Å². The van der Waals surface area contributed by atoms with Gasteiger partial charge in [0, 0.05) is 30.1 Å². The number of hydrogen-bond donors (Lipinski definition) is 1. The van der Waals surface area contributed by atoms with Gasteiger partial charge in [-0.1, -0.05) is 12.1 Å². The summed E-state index contributed by atoms with van der Waals surface area (Å²) in [7, 11) is 1.97. The van der Waals surface area contributed by atoms with Crippen LogP contribution in [0.2, 0.25) is 0 Å². The van der Waals surface area contributed by atoms with Crippen LogP contribution < -0.4 is 15.1 Å². The van der Waals surface area contributed by atoms with Crippen LogP contribution >= 0.6 is 0 Å². The molecule has 1 aromatic heterocycles. The maximum Gasteiger partial charge on any atom is 0.336 e. The molecule has 3 aromatic rings. The summed E-state index contributed by atoms with van der Waals surface area (Å²) in [6.07, 6.45) is -0.0953. The second kappa shape index (κ2) is 6.96. The van der Waals surface area contributed by atoms with Crippen LogP contribution in [0.1, 0.15) is 11.1 Å². The Morgan fingerprint density at radius 1 is 1.19 bits per heavy atom. The minimum absolute atomic E-state index is 0.0953. The lowest BCUT2D eigenvalue weighted by atomic mass is 10.1. The minimum atomic E-state index is -0.425. The molecule has 0 saturated heterocycles. The summed E-state index contributed by atoms with van der Waals surface area (Å²) < 4.78 is 17.1. The fraction of sp³-hybridized carbons (Fsp3) is 0.286. The summed E-state index contributed by atoms with van der Waals surface area (Å²) >= 11 is 0. The molecule has 6 nitrogen and oxygen atoms in total. The van der Waals surface area contributed by atoms with Crippen molar-refractivity contribution in [2.24, 2.45) is 0 Å². The molecular formula is C21H21NO5. The molecule has 0 aliphatic carbocycles. The second-order valence-electron chi connectivity index (χ2n) is 6.87. The molecule has 1 aliphatic rings. The molecule has 1 atom stereocenters. The Bertz CT molecular complexity index is 1040. The van der Waals surface area contributed by atoms with E-state index in [0.29, 0.717) is 30.8 Å². The highest BCUT2D eigenvalue weighted by atomic mass is 16.6. The summed E-state index contributed by atoms with van der Waals surface area (Å²) in [5.41, 5.74) is 1.42. The third-order valence-corrected chi connectivity index (χ3v) is 4.74. The number of phenols is 1.